The lowest BCUT2D eigenvalue weighted by molar-refractivity contribution is -0.131. The number of benzene rings is 1. The van der Waals surface area contributed by atoms with Crippen LogP contribution < -0.4 is 0 Å². The van der Waals surface area contributed by atoms with Gasteiger partial charge in [-0.3, -0.25) is 0 Å². The van der Waals surface area contributed by atoms with E-state index in [9.17, 15) is 4.79 Å². The minimum Gasteiger partial charge on any atom is -0.478 e. The maximum absolute atomic E-state index is 10.6. The summed E-state index contributed by atoms with van der Waals surface area (Å²) in [7, 11) is 0. The third-order valence-electron chi connectivity index (χ3n) is 3.30. The smallest absolute Gasteiger partial charge is 0.328 e. The Bertz CT molecular complexity index is 424. The molecule has 90 valence electrons. The van der Waals surface area contributed by atoms with Gasteiger partial charge < -0.3 is 5.11 Å². The summed E-state index contributed by atoms with van der Waals surface area (Å²) in [5.74, 6) is -0.240. The first-order chi connectivity index (χ1) is 8.15. The molecule has 1 aromatic carbocycles. The Hall–Kier alpha value is -1.09. The van der Waals surface area contributed by atoms with E-state index in [0.717, 1.165) is 35.7 Å². The summed E-state index contributed by atoms with van der Waals surface area (Å²) in [6.07, 6.45) is 5.30. The van der Waals surface area contributed by atoms with Crippen molar-refractivity contribution in [3.05, 3.63) is 46.0 Å². The van der Waals surface area contributed by atoms with Gasteiger partial charge in [-0.2, -0.15) is 0 Å². The van der Waals surface area contributed by atoms with Crippen LogP contribution in [0.1, 0.15) is 37.2 Å². The van der Waals surface area contributed by atoms with E-state index in [4.69, 9.17) is 5.11 Å². The number of carboxylic acid groups (broad SMARTS) is 1. The molecular weight excluding hydrogens is 280 g/mol. The van der Waals surface area contributed by atoms with Crippen LogP contribution in [0.5, 0.6) is 0 Å². The quantitative estimate of drug-likeness (QED) is 0.833. The highest BCUT2D eigenvalue weighted by Gasteiger charge is 2.18. The molecule has 1 aliphatic rings. The summed E-state index contributed by atoms with van der Waals surface area (Å²) >= 11 is 3.43. The van der Waals surface area contributed by atoms with Gasteiger partial charge in [0.1, 0.15) is 0 Å². The van der Waals surface area contributed by atoms with Gasteiger partial charge in [0.15, 0.2) is 0 Å². The van der Waals surface area contributed by atoms with E-state index in [-0.39, 0.29) is 0 Å². The van der Waals surface area contributed by atoms with E-state index >= 15 is 0 Å². The van der Waals surface area contributed by atoms with Crippen molar-refractivity contribution in [3.8, 4) is 0 Å². The Morgan fingerprint density at radius 1 is 1.24 bits per heavy atom. The predicted octanol–water partition coefficient (Wildman–Crippen LogP) is 4.12. The molecule has 0 atom stereocenters. The van der Waals surface area contributed by atoms with E-state index in [2.05, 4.69) is 40.2 Å². The van der Waals surface area contributed by atoms with Gasteiger partial charge in [-0.05, 0) is 49.3 Å². The van der Waals surface area contributed by atoms with Crippen molar-refractivity contribution in [3.63, 3.8) is 0 Å². The SMILES string of the molecule is O=C(O)C=C1CCC(c2ccc(Br)cc2)CC1. The summed E-state index contributed by atoms with van der Waals surface area (Å²) in [6.45, 7) is 0. The van der Waals surface area contributed by atoms with Crippen LogP contribution in [0.15, 0.2) is 40.4 Å². The first-order valence-electron chi connectivity index (χ1n) is 5.83. The first-order valence-corrected chi connectivity index (χ1v) is 6.62. The number of allylic oxidation sites excluding steroid dienone is 1. The molecule has 1 fully saturated rings. The van der Waals surface area contributed by atoms with Crippen molar-refractivity contribution in [1.29, 1.82) is 0 Å². The fourth-order valence-corrected chi connectivity index (χ4v) is 2.64. The summed E-state index contributed by atoms with van der Waals surface area (Å²) in [5, 5.41) is 8.70. The predicted molar refractivity (Wildman–Crippen MR) is 71.1 cm³/mol. The fraction of sp³-hybridized carbons (Fsp3) is 0.357. The van der Waals surface area contributed by atoms with Crippen molar-refractivity contribution in [2.45, 2.75) is 31.6 Å². The third-order valence-corrected chi connectivity index (χ3v) is 3.83. The molecule has 0 amide bonds. The zero-order valence-corrected chi connectivity index (χ0v) is 11.1. The average molecular weight is 295 g/mol. The van der Waals surface area contributed by atoms with Gasteiger partial charge in [0, 0.05) is 10.5 Å². The minimum absolute atomic E-state index is 0.578. The second kappa shape index (κ2) is 5.50. The normalized spacial score (nSPS) is 20.1. The summed E-state index contributed by atoms with van der Waals surface area (Å²) in [6, 6.07) is 8.44. The molecule has 0 bridgehead atoms. The topological polar surface area (TPSA) is 37.3 Å². The summed E-state index contributed by atoms with van der Waals surface area (Å²) in [4.78, 5) is 10.6. The van der Waals surface area contributed by atoms with Crippen molar-refractivity contribution in [2.24, 2.45) is 0 Å². The highest BCUT2D eigenvalue weighted by molar-refractivity contribution is 9.10. The molecule has 0 unspecified atom stereocenters. The number of carboxylic acids is 1. The van der Waals surface area contributed by atoms with Gasteiger partial charge >= 0.3 is 5.97 Å². The Morgan fingerprint density at radius 2 is 1.82 bits per heavy atom. The monoisotopic (exact) mass is 294 g/mol. The first kappa shape index (κ1) is 12.4. The van der Waals surface area contributed by atoms with E-state index in [1.54, 1.807) is 0 Å². The highest BCUT2D eigenvalue weighted by Crippen LogP contribution is 2.35. The average Bonchev–Trinajstić information content (AvgIpc) is 2.30. The van der Waals surface area contributed by atoms with Gasteiger partial charge in [-0.1, -0.05) is 33.6 Å². The second-order valence-corrected chi connectivity index (χ2v) is 5.38. The van der Waals surface area contributed by atoms with Crippen LogP contribution >= 0.6 is 15.9 Å². The lowest BCUT2D eigenvalue weighted by Crippen LogP contribution is -2.07. The zero-order chi connectivity index (χ0) is 12.3. The fourth-order valence-electron chi connectivity index (χ4n) is 2.38. The maximum atomic E-state index is 10.6. The number of hydrogen-bond acceptors (Lipinski definition) is 1. The minimum atomic E-state index is -0.818. The lowest BCUT2D eigenvalue weighted by Gasteiger charge is -2.24. The molecule has 0 heterocycles. The van der Waals surface area contributed by atoms with Crippen molar-refractivity contribution >= 4 is 21.9 Å². The maximum Gasteiger partial charge on any atom is 0.328 e. The van der Waals surface area contributed by atoms with Crippen LogP contribution in [0.2, 0.25) is 0 Å². The summed E-state index contributed by atoms with van der Waals surface area (Å²) in [5.41, 5.74) is 2.44. The number of halogens is 1. The lowest BCUT2D eigenvalue weighted by atomic mass is 9.81. The van der Waals surface area contributed by atoms with Crippen LogP contribution in [-0.4, -0.2) is 11.1 Å². The van der Waals surface area contributed by atoms with Crippen molar-refractivity contribution in [2.75, 3.05) is 0 Å². The zero-order valence-electron chi connectivity index (χ0n) is 9.53. The van der Waals surface area contributed by atoms with Gasteiger partial charge in [0.2, 0.25) is 0 Å². The van der Waals surface area contributed by atoms with Gasteiger partial charge in [0.05, 0.1) is 0 Å². The van der Waals surface area contributed by atoms with E-state index < -0.39 is 5.97 Å². The molecule has 0 radical (unpaired) electrons. The van der Waals surface area contributed by atoms with Crippen molar-refractivity contribution in [1.82, 2.24) is 0 Å². The number of rotatable bonds is 2. The second-order valence-electron chi connectivity index (χ2n) is 4.47. The molecule has 17 heavy (non-hydrogen) atoms. The number of aliphatic carboxylic acids is 1. The van der Waals surface area contributed by atoms with Gasteiger partial charge in [-0.25, -0.2) is 4.79 Å². The number of carbonyl (C=O) groups is 1. The molecule has 1 aliphatic carbocycles. The van der Waals surface area contributed by atoms with E-state index in [1.807, 2.05) is 0 Å². The van der Waals surface area contributed by atoms with Gasteiger partial charge in [0.25, 0.3) is 0 Å². The standard InChI is InChI=1S/C14H15BrO2/c15-13-7-5-12(6-8-13)11-3-1-10(2-4-11)9-14(16)17/h5-9,11H,1-4H2,(H,16,17). The molecule has 0 spiro atoms. The molecule has 1 saturated carbocycles. The van der Waals surface area contributed by atoms with Crippen LogP contribution in [0.4, 0.5) is 0 Å². The Morgan fingerprint density at radius 3 is 2.35 bits per heavy atom. The van der Waals surface area contributed by atoms with Gasteiger partial charge in [-0.15, -0.1) is 0 Å². The third kappa shape index (κ3) is 3.43. The van der Waals surface area contributed by atoms with E-state index in [1.165, 1.54) is 11.6 Å². The molecule has 0 aliphatic heterocycles. The molecule has 2 nitrogen and oxygen atoms in total. The van der Waals surface area contributed by atoms with Crippen LogP contribution in [0.25, 0.3) is 0 Å². The highest BCUT2D eigenvalue weighted by atomic mass is 79.9. The molecule has 2 rings (SSSR count). The largest absolute Gasteiger partial charge is 0.478 e. The van der Waals surface area contributed by atoms with Crippen molar-refractivity contribution < 1.29 is 9.90 Å². The molecule has 1 aromatic rings. The Labute approximate surface area is 109 Å². The Kier molecular flexibility index (Phi) is 4.00. The molecule has 0 aromatic heterocycles. The van der Waals surface area contributed by atoms with E-state index in [0.29, 0.717) is 5.92 Å². The van der Waals surface area contributed by atoms with Crippen LogP contribution in [-0.2, 0) is 4.79 Å². The molecule has 1 N–H and O–H groups in total. The summed E-state index contributed by atoms with van der Waals surface area (Å²) < 4.78 is 1.10. The number of hydrogen-bond donors (Lipinski definition) is 1. The molecule has 3 heteroatoms. The van der Waals surface area contributed by atoms with Crippen LogP contribution in [0.3, 0.4) is 0 Å². The Balaban J connectivity index is 1.99. The molecule has 0 saturated heterocycles. The van der Waals surface area contributed by atoms with Crippen LogP contribution in [0, 0.1) is 0 Å². The molecular formula is C14H15BrO2.